The van der Waals surface area contributed by atoms with Gasteiger partial charge in [0.25, 0.3) is 0 Å². The predicted molar refractivity (Wildman–Crippen MR) is 65.0 cm³/mol. The molecule has 1 aliphatic heterocycles. The van der Waals surface area contributed by atoms with Crippen LogP contribution in [-0.2, 0) is 4.74 Å². The fourth-order valence-corrected chi connectivity index (χ4v) is 2.03. The van der Waals surface area contributed by atoms with E-state index in [1.54, 1.807) is 0 Å². The lowest BCUT2D eigenvalue weighted by molar-refractivity contribution is 0.0239. The summed E-state index contributed by atoms with van der Waals surface area (Å²) in [5.74, 6) is 0.316. The van der Waals surface area contributed by atoms with Gasteiger partial charge in [-0.05, 0) is 32.7 Å². The van der Waals surface area contributed by atoms with Gasteiger partial charge in [-0.25, -0.2) is 4.79 Å². The quantitative estimate of drug-likeness (QED) is 0.331. The predicted octanol–water partition coefficient (Wildman–Crippen LogP) is 2.91. The van der Waals surface area contributed by atoms with E-state index in [9.17, 15) is 4.79 Å². The Morgan fingerprint density at radius 1 is 1.65 bits per heavy atom. The molecule has 0 aromatic carbocycles. The molecule has 1 heterocycles. The van der Waals surface area contributed by atoms with Gasteiger partial charge in [0.15, 0.2) is 0 Å². The Hall–Kier alpha value is -1.13. The fourth-order valence-electron chi connectivity index (χ4n) is 1.74. The summed E-state index contributed by atoms with van der Waals surface area (Å²) >= 11 is 5.80. The topological polar surface area (TPSA) is 78.3 Å². The third-order valence-corrected chi connectivity index (χ3v) is 2.77. The molecule has 1 amide bonds. The Morgan fingerprint density at radius 3 is 2.76 bits per heavy atom. The van der Waals surface area contributed by atoms with E-state index in [1.807, 2.05) is 20.8 Å². The molecule has 0 aliphatic carbocycles. The molecule has 1 fully saturated rings. The number of carbonyl (C=O) groups excluding carboxylic acids is 1. The highest BCUT2D eigenvalue weighted by atomic mass is 35.5. The molecule has 1 unspecified atom stereocenters. The summed E-state index contributed by atoms with van der Waals surface area (Å²) in [6, 6.07) is -0.335. The number of ether oxygens (including phenoxy) is 1. The first kappa shape index (κ1) is 13.9. The maximum absolute atomic E-state index is 11.9. The highest BCUT2D eigenvalue weighted by Gasteiger charge is 2.36. The van der Waals surface area contributed by atoms with Gasteiger partial charge >= 0.3 is 6.09 Å². The Kier molecular flexibility index (Phi) is 4.48. The van der Waals surface area contributed by atoms with Gasteiger partial charge in [-0.3, -0.25) is 0 Å². The van der Waals surface area contributed by atoms with E-state index in [0.717, 1.165) is 0 Å². The second kappa shape index (κ2) is 5.47. The molecule has 1 saturated heterocycles. The van der Waals surface area contributed by atoms with Crippen molar-refractivity contribution in [3.8, 4) is 0 Å². The van der Waals surface area contributed by atoms with E-state index in [1.165, 1.54) is 4.90 Å². The molecule has 96 valence electrons. The summed E-state index contributed by atoms with van der Waals surface area (Å²) in [6.07, 6.45) is 0.186. The Morgan fingerprint density at radius 2 is 2.29 bits per heavy atom. The van der Waals surface area contributed by atoms with E-state index < -0.39 is 11.7 Å². The number of hydrogen-bond donors (Lipinski definition) is 0. The Balaban J connectivity index is 2.68. The maximum atomic E-state index is 11.9. The molecule has 0 saturated carbocycles. The second-order valence-electron chi connectivity index (χ2n) is 5.04. The first-order valence-corrected chi connectivity index (χ1v) is 6.00. The van der Waals surface area contributed by atoms with Gasteiger partial charge in [0.1, 0.15) is 5.60 Å². The summed E-state index contributed by atoms with van der Waals surface area (Å²) in [7, 11) is 0. The average Bonchev–Trinajstić information content (AvgIpc) is 2.59. The van der Waals surface area contributed by atoms with Crippen molar-refractivity contribution in [3.05, 3.63) is 10.4 Å². The van der Waals surface area contributed by atoms with Crippen molar-refractivity contribution in [2.24, 2.45) is 5.11 Å². The molecule has 6 nitrogen and oxygen atoms in total. The van der Waals surface area contributed by atoms with Gasteiger partial charge in [-0.2, -0.15) is 0 Å². The number of likely N-dealkylation sites (tertiary alicyclic amines) is 1. The maximum Gasteiger partial charge on any atom is 0.410 e. The minimum Gasteiger partial charge on any atom is -0.444 e. The van der Waals surface area contributed by atoms with Gasteiger partial charge in [0.05, 0.1) is 6.04 Å². The van der Waals surface area contributed by atoms with Gasteiger partial charge in [0, 0.05) is 23.4 Å². The van der Waals surface area contributed by atoms with Crippen molar-refractivity contribution >= 4 is 17.7 Å². The van der Waals surface area contributed by atoms with Gasteiger partial charge < -0.3 is 9.64 Å². The van der Waals surface area contributed by atoms with Crippen LogP contribution in [0.2, 0.25) is 0 Å². The lowest BCUT2D eigenvalue weighted by atomic mass is 10.2. The van der Waals surface area contributed by atoms with Crippen LogP contribution in [0.5, 0.6) is 0 Å². The summed E-state index contributed by atoms with van der Waals surface area (Å²) < 4.78 is 5.27. The molecular formula is C10H17ClN4O2. The number of nitrogens with zero attached hydrogens (tertiary/aromatic N) is 4. The van der Waals surface area contributed by atoms with E-state index in [0.29, 0.717) is 18.8 Å². The average molecular weight is 261 g/mol. The fraction of sp³-hybridized carbons (Fsp3) is 0.900. The highest BCUT2D eigenvalue weighted by Crippen LogP contribution is 2.24. The van der Waals surface area contributed by atoms with E-state index in [4.69, 9.17) is 21.9 Å². The normalized spacial score (nSPS) is 24.4. The first-order chi connectivity index (χ1) is 7.87. The lowest BCUT2D eigenvalue weighted by Crippen LogP contribution is -2.40. The van der Waals surface area contributed by atoms with Crippen LogP contribution in [0.25, 0.3) is 10.4 Å². The molecule has 0 bridgehead atoms. The van der Waals surface area contributed by atoms with E-state index >= 15 is 0 Å². The molecule has 7 heteroatoms. The van der Waals surface area contributed by atoms with Crippen LogP contribution in [-0.4, -0.2) is 41.1 Å². The summed E-state index contributed by atoms with van der Waals surface area (Å²) in [4.78, 5) is 16.2. The number of alkyl halides is 1. The van der Waals surface area contributed by atoms with Crippen molar-refractivity contribution < 1.29 is 9.53 Å². The van der Waals surface area contributed by atoms with E-state index in [2.05, 4.69) is 10.0 Å². The van der Waals surface area contributed by atoms with Gasteiger partial charge in [0.2, 0.25) is 0 Å². The van der Waals surface area contributed by atoms with Crippen molar-refractivity contribution in [1.29, 1.82) is 0 Å². The molecule has 0 radical (unpaired) electrons. The third-order valence-electron chi connectivity index (χ3n) is 2.41. The molecule has 1 rings (SSSR count). The zero-order chi connectivity index (χ0) is 13.1. The van der Waals surface area contributed by atoms with Crippen LogP contribution >= 0.6 is 11.6 Å². The van der Waals surface area contributed by atoms with Gasteiger partial charge in [-0.1, -0.05) is 5.11 Å². The summed E-state index contributed by atoms with van der Waals surface area (Å²) in [6.45, 7) is 5.79. The zero-order valence-corrected chi connectivity index (χ0v) is 11.0. The SMILES string of the molecule is CC(C)(C)OC(=O)N1CC(N=[N+]=[N-])C[C@H]1CCl. The van der Waals surface area contributed by atoms with Crippen LogP contribution in [0.3, 0.4) is 0 Å². The van der Waals surface area contributed by atoms with Crippen LogP contribution in [0, 0.1) is 0 Å². The summed E-state index contributed by atoms with van der Waals surface area (Å²) in [5.41, 5.74) is 7.85. The molecule has 0 aromatic rings. The first-order valence-electron chi connectivity index (χ1n) is 5.47. The molecule has 2 atom stereocenters. The van der Waals surface area contributed by atoms with Crippen LogP contribution < -0.4 is 0 Å². The minimum absolute atomic E-state index is 0.123. The molecule has 0 N–H and O–H groups in total. The third kappa shape index (κ3) is 3.98. The molecule has 0 aromatic heterocycles. The van der Waals surface area contributed by atoms with Gasteiger partial charge in [-0.15, -0.1) is 11.6 Å². The molecule has 1 aliphatic rings. The Labute approximate surface area is 105 Å². The minimum atomic E-state index is -0.537. The number of carbonyl (C=O) groups is 1. The van der Waals surface area contributed by atoms with Crippen molar-refractivity contribution in [3.63, 3.8) is 0 Å². The largest absolute Gasteiger partial charge is 0.444 e. The number of halogens is 1. The molecule has 0 spiro atoms. The smallest absolute Gasteiger partial charge is 0.410 e. The van der Waals surface area contributed by atoms with Crippen molar-refractivity contribution in [2.45, 2.75) is 44.9 Å². The highest BCUT2D eigenvalue weighted by molar-refractivity contribution is 6.18. The number of amides is 1. The second-order valence-corrected chi connectivity index (χ2v) is 5.34. The summed E-state index contributed by atoms with van der Waals surface area (Å²) in [5, 5.41) is 3.62. The monoisotopic (exact) mass is 260 g/mol. The van der Waals surface area contributed by atoms with Crippen LogP contribution in [0.4, 0.5) is 4.79 Å². The zero-order valence-electron chi connectivity index (χ0n) is 10.3. The van der Waals surface area contributed by atoms with Crippen molar-refractivity contribution in [2.75, 3.05) is 12.4 Å². The van der Waals surface area contributed by atoms with Crippen LogP contribution in [0.15, 0.2) is 5.11 Å². The Bertz CT molecular complexity index is 336. The standard InChI is InChI=1S/C10H17ClN4O2/c1-10(2,3)17-9(16)15-6-7(13-14-12)4-8(15)5-11/h7-8H,4-6H2,1-3H3/t7?,8-/m0/s1. The number of rotatable bonds is 2. The number of hydrogen-bond acceptors (Lipinski definition) is 3. The van der Waals surface area contributed by atoms with Crippen LogP contribution in [0.1, 0.15) is 27.2 Å². The molecular weight excluding hydrogens is 244 g/mol. The molecule has 17 heavy (non-hydrogen) atoms. The lowest BCUT2D eigenvalue weighted by Gasteiger charge is -2.27. The number of azide groups is 1. The van der Waals surface area contributed by atoms with Crippen molar-refractivity contribution in [1.82, 2.24) is 4.90 Å². The van der Waals surface area contributed by atoms with E-state index in [-0.39, 0.29) is 12.1 Å².